The van der Waals surface area contributed by atoms with Gasteiger partial charge in [-0.15, -0.1) is 0 Å². The van der Waals surface area contributed by atoms with Crippen LogP contribution < -0.4 is 10.5 Å². The first-order chi connectivity index (χ1) is 9.36. The fourth-order valence-electron chi connectivity index (χ4n) is 1.87. The van der Waals surface area contributed by atoms with Crippen molar-refractivity contribution in [3.63, 3.8) is 0 Å². The van der Waals surface area contributed by atoms with Crippen molar-refractivity contribution in [3.05, 3.63) is 53.7 Å². The summed E-state index contributed by atoms with van der Waals surface area (Å²) in [4.78, 5) is 4.26. The maximum absolute atomic E-state index is 5.79. The molecule has 2 N–H and O–H groups in total. The molecule has 0 aliphatic rings. The summed E-state index contributed by atoms with van der Waals surface area (Å²) in [6, 6.07) is 11.9. The lowest BCUT2D eigenvalue weighted by molar-refractivity contribution is 0.461. The van der Waals surface area contributed by atoms with Crippen molar-refractivity contribution < 1.29 is 4.74 Å². The largest absolute Gasteiger partial charge is 0.439 e. The summed E-state index contributed by atoms with van der Waals surface area (Å²) in [5.41, 5.74) is 8.22. The summed E-state index contributed by atoms with van der Waals surface area (Å²) >= 11 is 0. The highest BCUT2D eigenvalue weighted by Gasteiger charge is 2.13. The number of hydrogen-bond donors (Lipinski definition) is 1. The molecule has 2 rings (SSSR count). The van der Waals surface area contributed by atoms with Crippen LogP contribution in [0.15, 0.2) is 42.6 Å². The van der Waals surface area contributed by atoms with E-state index in [4.69, 9.17) is 10.5 Å². The Labute approximate surface area is 120 Å². The molecule has 0 bridgehead atoms. The third-order valence-corrected chi connectivity index (χ3v) is 3.23. The first kappa shape index (κ1) is 14.5. The number of nitrogens with zero attached hydrogens (tertiary/aromatic N) is 1. The number of benzene rings is 1. The molecule has 0 radical (unpaired) electrons. The average molecular weight is 270 g/mol. The quantitative estimate of drug-likeness (QED) is 0.909. The van der Waals surface area contributed by atoms with Crippen LogP contribution in [0.5, 0.6) is 11.6 Å². The normalized spacial score (nSPS) is 13.1. The van der Waals surface area contributed by atoms with E-state index in [9.17, 15) is 0 Å². The molecule has 106 valence electrons. The van der Waals surface area contributed by atoms with Gasteiger partial charge in [-0.3, -0.25) is 0 Å². The Kier molecular flexibility index (Phi) is 4.09. The van der Waals surface area contributed by atoms with Crippen LogP contribution in [-0.2, 0) is 5.41 Å². The summed E-state index contributed by atoms with van der Waals surface area (Å²) in [6.07, 6.45) is 1.75. The second kappa shape index (κ2) is 5.63. The van der Waals surface area contributed by atoms with Gasteiger partial charge in [0.25, 0.3) is 0 Å². The van der Waals surface area contributed by atoms with E-state index < -0.39 is 0 Å². The van der Waals surface area contributed by atoms with Crippen LogP contribution in [-0.4, -0.2) is 4.98 Å². The minimum absolute atomic E-state index is 0.0115. The topological polar surface area (TPSA) is 48.1 Å². The highest BCUT2D eigenvalue weighted by Crippen LogP contribution is 2.26. The van der Waals surface area contributed by atoms with E-state index >= 15 is 0 Å². The van der Waals surface area contributed by atoms with Crippen molar-refractivity contribution in [2.75, 3.05) is 0 Å². The Balaban J connectivity index is 2.10. The van der Waals surface area contributed by atoms with E-state index in [1.807, 2.05) is 31.2 Å². The minimum atomic E-state index is -0.0115. The second-order valence-electron chi connectivity index (χ2n) is 6.09. The van der Waals surface area contributed by atoms with Crippen LogP contribution in [0.1, 0.15) is 44.9 Å². The number of nitrogens with two attached hydrogens (primary N) is 1. The number of rotatable bonds is 3. The Bertz CT molecular complexity index is 551. The van der Waals surface area contributed by atoms with Crippen LogP contribution in [0, 0.1) is 0 Å². The van der Waals surface area contributed by atoms with Crippen molar-refractivity contribution in [2.45, 2.75) is 39.2 Å². The van der Waals surface area contributed by atoms with E-state index in [-0.39, 0.29) is 11.5 Å². The zero-order valence-electron chi connectivity index (χ0n) is 12.6. The SMILES string of the molecule is C[C@H](N)c1ccc(Oc2ccc(C(C)(C)C)cc2)nc1. The lowest BCUT2D eigenvalue weighted by Gasteiger charge is -2.19. The van der Waals surface area contributed by atoms with Crippen molar-refractivity contribution in [1.29, 1.82) is 0 Å². The van der Waals surface area contributed by atoms with E-state index in [1.165, 1.54) is 5.56 Å². The van der Waals surface area contributed by atoms with Crippen molar-refractivity contribution >= 4 is 0 Å². The van der Waals surface area contributed by atoms with Gasteiger partial charge < -0.3 is 10.5 Å². The molecule has 2 aromatic rings. The number of aromatic nitrogens is 1. The average Bonchev–Trinajstić information content (AvgIpc) is 2.39. The van der Waals surface area contributed by atoms with Crippen LogP contribution in [0.4, 0.5) is 0 Å². The first-order valence-corrected chi connectivity index (χ1v) is 6.86. The zero-order valence-corrected chi connectivity index (χ0v) is 12.6. The van der Waals surface area contributed by atoms with E-state index in [0.29, 0.717) is 5.88 Å². The lowest BCUT2D eigenvalue weighted by atomic mass is 9.87. The molecule has 1 aromatic heterocycles. The molecule has 0 saturated heterocycles. The predicted octanol–water partition coefficient (Wildman–Crippen LogP) is 4.19. The van der Waals surface area contributed by atoms with Gasteiger partial charge in [0.1, 0.15) is 5.75 Å². The van der Waals surface area contributed by atoms with Gasteiger partial charge in [-0.2, -0.15) is 0 Å². The molecular formula is C17H22N2O. The van der Waals surface area contributed by atoms with E-state index in [2.05, 4.69) is 37.9 Å². The van der Waals surface area contributed by atoms with Gasteiger partial charge in [0.2, 0.25) is 5.88 Å². The summed E-state index contributed by atoms with van der Waals surface area (Å²) in [7, 11) is 0. The molecule has 1 heterocycles. The van der Waals surface area contributed by atoms with Gasteiger partial charge in [0.05, 0.1) is 0 Å². The molecule has 0 spiro atoms. The third kappa shape index (κ3) is 3.58. The fourth-order valence-corrected chi connectivity index (χ4v) is 1.87. The Morgan fingerprint density at radius 1 is 1.05 bits per heavy atom. The molecule has 0 unspecified atom stereocenters. The molecule has 1 atom stereocenters. The van der Waals surface area contributed by atoms with Crippen molar-refractivity contribution in [2.24, 2.45) is 5.73 Å². The van der Waals surface area contributed by atoms with Gasteiger partial charge in [-0.05, 0) is 35.6 Å². The smallest absolute Gasteiger partial charge is 0.219 e. The van der Waals surface area contributed by atoms with Crippen molar-refractivity contribution in [3.8, 4) is 11.6 Å². The molecule has 20 heavy (non-hydrogen) atoms. The summed E-state index contributed by atoms with van der Waals surface area (Å²) in [5.74, 6) is 1.37. The molecule has 0 aliphatic carbocycles. The molecule has 3 nitrogen and oxygen atoms in total. The van der Waals surface area contributed by atoms with E-state index in [0.717, 1.165) is 11.3 Å². The Morgan fingerprint density at radius 2 is 1.70 bits per heavy atom. The number of pyridine rings is 1. The Morgan fingerprint density at radius 3 is 2.15 bits per heavy atom. The fraction of sp³-hybridized carbons (Fsp3) is 0.353. The van der Waals surface area contributed by atoms with Crippen molar-refractivity contribution in [1.82, 2.24) is 4.98 Å². The molecule has 0 saturated carbocycles. The second-order valence-corrected chi connectivity index (χ2v) is 6.09. The molecule has 3 heteroatoms. The molecule has 0 fully saturated rings. The van der Waals surface area contributed by atoms with Crippen LogP contribution >= 0.6 is 0 Å². The summed E-state index contributed by atoms with van der Waals surface area (Å²) < 4.78 is 5.73. The summed E-state index contributed by atoms with van der Waals surface area (Å²) in [5, 5.41) is 0. The minimum Gasteiger partial charge on any atom is -0.439 e. The predicted molar refractivity (Wildman–Crippen MR) is 82.1 cm³/mol. The number of hydrogen-bond acceptors (Lipinski definition) is 3. The first-order valence-electron chi connectivity index (χ1n) is 6.86. The van der Waals surface area contributed by atoms with E-state index in [1.54, 1.807) is 6.20 Å². The maximum Gasteiger partial charge on any atom is 0.219 e. The molecular weight excluding hydrogens is 248 g/mol. The van der Waals surface area contributed by atoms with Crippen LogP contribution in [0.3, 0.4) is 0 Å². The molecule has 0 aliphatic heterocycles. The lowest BCUT2D eigenvalue weighted by Crippen LogP contribution is -2.10. The monoisotopic (exact) mass is 270 g/mol. The highest BCUT2D eigenvalue weighted by molar-refractivity contribution is 5.33. The van der Waals surface area contributed by atoms with Gasteiger partial charge >= 0.3 is 0 Å². The van der Waals surface area contributed by atoms with Gasteiger partial charge in [-0.25, -0.2) is 4.98 Å². The molecule has 0 amide bonds. The van der Waals surface area contributed by atoms with Crippen LogP contribution in [0.25, 0.3) is 0 Å². The highest BCUT2D eigenvalue weighted by atomic mass is 16.5. The third-order valence-electron chi connectivity index (χ3n) is 3.23. The van der Waals surface area contributed by atoms with Gasteiger partial charge in [0.15, 0.2) is 0 Å². The maximum atomic E-state index is 5.79. The van der Waals surface area contributed by atoms with Crippen LogP contribution in [0.2, 0.25) is 0 Å². The Hall–Kier alpha value is -1.87. The van der Waals surface area contributed by atoms with Gasteiger partial charge in [0, 0.05) is 18.3 Å². The molecule has 1 aromatic carbocycles. The summed E-state index contributed by atoms with van der Waals surface area (Å²) in [6.45, 7) is 8.51. The van der Waals surface area contributed by atoms with Gasteiger partial charge in [-0.1, -0.05) is 39.0 Å². The number of ether oxygens (including phenoxy) is 1. The standard InChI is InChI=1S/C17H22N2O/c1-12(18)13-5-10-16(19-11-13)20-15-8-6-14(7-9-15)17(2,3)4/h5-12H,18H2,1-4H3/t12-/m0/s1. The zero-order chi connectivity index (χ0) is 14.8.